The first-order chi connectivity index (χ1) is 66.1. The van der Waals surface area contributed by atoms with Crippen LogP contribution < -0.4 is 20.0 Å². The van der Waals surface area contributed by atoms with Crippen LogP contribution in [-0.2, 0) is 18.9 Å². The van der Waals surface area contributed by atoms with Crippen molar-refractivity contribution in [1.82, 2.24) is 19.9 Å². The molecule has 0 aliphatic heterocycles. The first kappa shape index (κ1) is 86.9. The molecule has 4 aromatic heterocycles. The minimum atomic E-state index is -1.10. The van der Waals surface area contributed by atoms with Gasteiger partial charge in [0.2, 0.25) is 6.29 Å². The summed E-state index contributed by atoms with van der Waals surface area (Å²) >= 11 is 0. The van der Waals surface area contributed by atoms with Crippen LogP contribution in [0.25, 0.3) is 44.5 Å². The molecule has 20 heteroatoms. The van der Waals surface area contributed by atoms with Crippen LogP contribution in [0.15, 0.2) is 385 Å². The van der Waals surface area contributed by atoms with Gasteiger partial charge in [-0.1, -0.05) is 265 Å². The molecule has 12 aromatic carbocycles. The number of hydrogen-bond donors (Lipinski definition) is 4. The zero-order valence-corrected chi connectivity index (χ0v) is 74.4. The van der Waals surface area contributed by atoms with Crippen LogP contribution in [0, 0.1) is 0 Å². The van der Waals surface area contributed by atoms with Gasteiger partial charge in [0.25, 0.3) is 0 Å². The van der Waals surface area contributed by atoms with Gasteiger partial charge in [-0.2, -0.15) is 20.4 Å². The number of carbonyl (C=O) groups excluding carboxylic acids is 4. The molecule has 0 saturated heterocycles. The number of carbonyl (C=O) groups is 4. The van der Waals surface area contributed by atoms with Crippen molar-refractivity contribution in [2.75, 3.05) is 33.2 Å². The number of fused-ring (bicyclic) bond motifs is 12. The second-order valence-corrected chi connectivity index (χ2v) is 33.4. The second kappa shape index (κ2) is 41.1. The van der Waals surface area contributed by atoms with Gasteiger partial charge in [-0.3, -0.25) is 0 Å². The number of aromatic amines is 4. The summed E-state index contributed by atoms with van der Waals surface area (Å²) in [5.74, 6) is 1.54. The normalized spacial score (nSPS) is 13.2. The van der Waals surface area contributed by atoms with E-state index in [-0.39, 0.29) is 11.9 Å². The van der Waals surface area contributed by atoms with E-state index in [4.69, 9.17) is 39.4 Å². The number of esters is 4. The van der Waals surface area contributed by atoms with Crippen molar-refractivity contribution in [2.24, 2.45) is 20.4 Å². The smallest absolute Gasteiger partial charge is 0.341 e. The van der Waals surface area contributed by atoms with Crippen molar-refractivity contribution in [2.45, 2.75) is 103 Å². The van der Waals surface area contributed by atoms with Crippen LogP contribution in [0.3, 0.4) is 0 Å². The number of benzene rings is 12. The molecule has 0 unspecified atom stereocenters. The first-order valence-corrected chi connectivity index (χ1v) is 46.2. The molecule has 0 atom stereocenters. The molecule has 20 nitrogen and oxygen atoms in total. The molecule has 20 rings (SSSR count). The van der Waals surface area contributed by atoms with Crippen molar-refractivity contribution in [1.29, 1.82) is 0 Å². The Kier molecular flexibility index (Phi) is 26.6. The molecule has 0 amide bonds. The number of nitrogens with zero attached hydrogens (tertiary/aromatic N) is 8. The van der Waals surface area contributed by atoms with Crippen LogP contribution in [0.2, 0.25) is 0 Å². The number of aromatic nitrogens is 4. The molecule has 664 valence electrons. The molecule has 4 N–H and O–H groups in total. The standard InChI is InChI=1S/C58H52N6O4.C56H48N6O4/c1-2-3-4-5-6-7-14-31-54(67-57(65)40-32-34-48-50(38-40)44-25-15-17-27-46(44)55(48)61-63(52-29-19-36-59-52)42-21-10-8-11-22-42)68-58(66)41-33-35-49-51(39-41)45-26-16-18-28-47(45)56(49)62-64(53-30-20-37-60-53)43-23-12-9-13-24-43;63-55(39-29-31-47-49(37-39)43-23-11-13-25-45(43)53(47)59-61(51-27-17-33-57-51)41-19-7-5-8-20-41)65-35-15-3-1-2-4-16-36-66-56(64)40-30-32-48-50(38-40)44-24-12-14-26-46(44)54(48)60-62(52-28-18-34-58-52)42-21-9-6-10-22-42/h8-13,15-30,32-39,54,59-60H,2-7,14,31H2,1H3;5-14,17-34,37-38,57-58H,1-4,15-16,35-36H2/b61-55+,62-56+;59-53+,60-54+. The van der Waals surface area contributed by atoms with Gasteiger partial charge in [0.15, 0.2) is 0 Å². The average molecular weight is 1770 g/mol. The highest BCUT2D eigenvalue weighted by atomic mass is 16.7. The SMILES string of the molecule is CCCCCCCCCC(OC(=O)c1ccc2c(c1)-c1ccccc1/C2=N\N(c1ccccc1)c1ccc[nH]1)OC(=O)c1ccc2c(c1)-c1ccccc1/C2=N\N(c1ccccc1)c1ccc[nH]1.O=C(OCCCCCCCCOC(=O)c1ccc2c(c1)-c1ccccc1/C2=N\N(c1ccccc1)c1ccc[nH]1)c1ccc2c(c1)-c1ccccc1/C2=N\N(c1ccccc1)c1ccc[nH]1. The topological polar surface area (TPSA) is 231 Å². The quantitative estimate of drug-likeness (QED) is 0.00955. The maximum Gasteiger partial charge on any atom is 0.341 e. The highest BCUT2D eigenvalue weighted by Crippen LogP contribution is 2.45. The van der Waals surface area contributed by atoms with E-state index < -0.39 is 18.2 Å². The molecule has 4 heterocycles. The van der Waals surface area contributed by atoms with Crippen LogP contribution in [0.4, 0.5) is 46.0 Å². The lowest BCUT2D eigenvalue weighted by molar-refractivity contribution is -0.0838. The fraction of sp³-hybridized carbons (Fsp3) is 0.158. The van der Waals surface area contributed by atoms with E-state index >= 15 is 0 Å². The molecule has 0 radical (unpaired) electrons. The van der Waals surface area contributed by atoms with Crippen molar-refractivity contribution >= 4 is 92.7 Å². The van der Waals surface area contributed by atoms with Crippen LogP contribution in [0.5, 0.6) is 0 Å². The van der Waals surface area contributed by atoms with Gasteiger partial charge in [0.1, 0.15) is 23.3 Å². The van der Waals surface area contributed by atoms with Crippen molar-refractivity contribution in [3.8, 4) is 44.5 Å². The summed E-state index contributed by atoms with van der Waals surface area (Å²) < 4.78 is 23.8. The largest absolute Gasteiger partial charge is 0.462 e. The molecule has 16 aromatic rings. The van der Waals surface area contributed by atoms with E-state index in [1.54, 1.807) is 12.1 Å². The summed E-state index contributed by atoms with van der Waals surface area (Å²) in [6.45, 7) is 2.92. The first-order valence-electron chi connectivity index (χ1n) is 46.2. The number of anilines is 8. The van der Waals surface area contributed by atoms with Gasteiger partial charge in [-0.25, -0.2) is 39.2 Å². The molecule has 4 aliphatic carbocycles. The fourth-order valence-electron chi connectivity index (χ4n) is 17.8. The Balaban J connectivity index is 0.000000172. The van der Waals surface area contributed by atoms with E-state index in [1.807, 2.05) is 336 Å². The number of para-hydroxylation sites is 4. The maximum atomic E-state index is 14.2. The molecule has 0 fully saturated rings. The molecular weight excluding hydrogens is 1670 g/mol. The summed E-state index contributed by atoms with van der Waals surface area (Å²) in [6.07, 6.45) is 19.7. The number of rotatable bonds is 35. The van der Waals surface area contributed by atoms with Crippen LogP contribution in [-0.4, -0.2) is 86.2 Å². The predicted molar refractivity (Wildman–Crippen MR) is 533 cm³/mol. The zero-order valence-electron chi connectivity index (χ0n) is 74.4. The minimum absolute atomic E-state index is 0.330. The molecule has 0 bridgehead atoms. The summed E-state index contributed by atoms with van der Waals surface area (Å²) in [6, 6.07) is 111. The minimum Gasteiger partial charge on any atom is -0.462 e. The Morgan fingerprint density at radius 3 is 0.754 bits per heavy atom. The fourth-order valence-corrected chi connectivity index (χ4v) is 17.8. The lowest BCUT2D eigenvalue weighted by atomic mass is 10.0. The molecule has 0 spiro atoms. The van der Waals surface area contributed by atoms with Crippen molar-refractivity contribution in [3.05, 3.63) is 431 Å². The van der Waals surface area contributed by atoms with Gasteiger partial charge in [0, 0.05) is 75.7 Å². The van der Waals surface area contributed by atoms with Crippen LogP contribution in [0.1, 0.15) is 183 Å². The second-order valence-electron chi connectivity index (χ2n) is 33.4. The number of unbranched alkanes of at least 4 members (excludes halogenated alkanes) is 11. The number of ether oxygens (including phenoxy) is 4. The molecule has 4 aliphatic rings. The Labute approximate surface area is 778 Å². The number of hydrazone groups is 4. The van der Waals surface area contributed by atoms with Crippen molar-refractivity contribution in [3.63, 3.8) is 0 Å². The lowest BCUT2D eigenvalue weighted by Crippen LogP contribution is -2.25. The third kappa shape index (κ3) is 19.1. The number of H-pyrrole nitrogens is 4. The van der Waals surface area contributed by atoms with E-state index in [9.17, 15) is 19.2 Å². The summed E-state index contributed by atoms with van der Waals surface area (Å²) in [5.41, 5.74) is 23.9. The van der Waals surface area contributed by atoms with Gasteiger partial charge >= 0.3 is 23.9 Å². The predicted octanol–water partition coefficient (Wildman–Crippen LogP) is 26.8. The molecule has 0 saturated carbocycles. The van der Waals surface area contributed by atoms with Crippen LogP contribution >= 0.6 is 0 Å². The highest BCUT2D eigenvalue weighted by Gasteiger charge is 2.35. The maximum absolute atomic E-state index is 14.2. The average Bonchev–Trinajstić information content (AvgIpc) is 1.62. The Hall–Kier alpha value is -16.5. The summed E-state index contributed by atoms with van der Waals surface area (Å²) in [5, 5.41) is 28.4. The van der Waals surface area contributed by atoms with E-state index in [0.717, 1.165) is 222 Å². The Morgan fingerprint density at radius 1 is 0.246 bits per heavy atom. The zero-order chi connectivity index (χ0) is 90.9. The summed E-state index contributed by atoms with van der Waals surface area (Å²) in [4.78, 5) is 68.1. The van der Waals surface area contributed by atoms with E-state index in [2.05, 4.69) is 63.3 Å². The van der Waals surface area contributed by atoms with E-state index in [1.165, 1.54) is 19.3 Å². The monoisotopic (exact) mass is 1760 g/mol. The third-order valence-electron chi connectivity index (χ3n) is 24.5. The summed E-state index contributed by atoms with van der Waals surface area (Å²) in [7, 11) is 0. The number of hydrogen-bond acceptors (Lipinski definition) is 16. The molecule has 134 heavy (non-hydrogen) atoms. The molecular formula is C114H100N12O8. The van der Waals surface area contributed by atoms with E-state index in [0.29, 0.717) is 41.9 Å². The van der Waals surface area contributed by atoms with Gasteiger partial charge in [-0.15, -0.1) is 0 Å². The highest BCUT2D eigenvalue weighted by molar-refractivity contribution is 6.28. The Bertz CT molecular complexity index is 6550. The lowest BCUT2D eigenvalue weighted by Gasteiger charge is -2.20. The Morgan fingerprint density at radius 2 is 0.485 bits per heavy atom. The van der Waals surface area contributed by atoms with Gasteiger partial charge < -0.3 is 38.9 Å². The third-order valence-corrected chi connectivity index (χ3v) is 24.5. The van der Waals surface area contributed by atoms with Gasteiger partial charge in [-0.05, 0) is 209 Å². The van der Waals surface area contributed by atoms with Gasteiger partial charge in [0.05, 0.1) is 81.1 Å². The number of nitrogens with one attached hydrogen (secondary N) is 4. The van der Waals surface area contributed by atoms with Crippen molar-refractivity contribution < 1.29 is 38.1 Å².